The third kappa shape index (κ3) is 2.59. The van der Waals surface area contributed by atoms with Gasteiger partial charge in [-0.05, 0) is 38.1 Å². The van der Waals surface area contributed by atoms with Crippen LogP contribution in [0, 0.1) is 5.82 Å². The lowest BCUT2D eigenvalue weighted by molar-refractivity contribution is 0.590. The Kier molecular flexibility index (Phi) is 3.44. The molecule has 0 spiro atoms. The molecule has 0 fully saturated rings. The van der Waals surface area contributed by atoms with Crippen LogP contribution < -0.4 is 10.6 Å². The molecule has 0 atom stereocenters. The van der Waals surface area contributed by atoms with Crippen molar-refractivity contribution in [1.82, 2.24) is 9.78 Å². The third-order valence-corrected chi connectivity index (χ3v) is 5.35. The molecule has 0 unspecified atom stereocenters. The maximum Gasteiger partial charge on any atom is 0.214 e. The Bertz CT molecular complexity index is 900. The number of benzene rings is 1. The minimum absolute atomic E-state index is 0.00280. The second-order valence-corrected chi connectivity index (χ2v) is 7.73. The number of sulfone groups is 1. The standard InChI is InChI=1S/C15H17FN4O2S/c1-15(2)7-8-20-14(18-15)12(13(17-3)19-20)23(21,22)11-6-4-5-10(16)9-11/h4-9,18H,1-3H3,(H,17,19). The van der Waals surface area contributed by atoms with Crippen molar-refractivity contribution in [2.45, 2.75) is 29.2 Å². The van der Waals surface area contributed by atoms with Crippen LogP contribution in [-0.2, 0) is 9.84 Å². The van der Waals surface area contributed by atoms with Gasteiger partial charge in [0.15, 0.2) is 16.5 Å². The molecule has 2 aromatic rings. The van der Waals surface area contributed by atoms with Gasteiger partial charge < -0.3 is 10.6 Å². The van der Waals surface area contributed by atoms with E-state index in [4.69, 9.17) is 0 Å². The van der Waals surface area contributed by atoms with E-state index < -0.39 is 21.2 Å². The molecule has 0 amide bonds. The molecule has 1 aliphatic heterocycles. The number of anilines is 2. The number of rotatable bonds is 3. The SMILES string of the molecule is CNc1nn2c(c1S(=O)(=O)c1cccc(F)c1)NC(C)(C)C=C2. The number of halogens is 1. The zero-order chi connectivity index (χ0) is 16.8. The van der Waals surface area contributed by atoms with Crippen LogP contribution in [0.1, 0.15) is 13.8 Å². The molecule has 1 aliphatic rings. The first-order valence-electron chi connectivity index (χ1n) is 7.03. The fourth-order valence-electron chi connectivity index (χ4n) is 2.42. The monoisotopic (exact) mass is 336 g/mol. The summed E-state index contributed by atoms with van der Waals surface area (Å²) in [5.41, 5.74) is -0.423. The number of aromatic nitrogens is 2. The van der Waals surface area contributed by atoms with Crippen molar-refractivity contribution in [3.8, 4) is 0 Å². The van der Waals surface area contributed by atoms with Gasteiger partial charge >= 0.3 is 0 Å². The molecule has 122 valence electrons. The van der Waals surface area contributed by atoms with Crippen LogP contribution in [0.4, 0.5) is 16.0 Å². The molecule has 6 nitrogen and oxygen atoms in total. The second kappa shape index (κ2) is 5.09. The van der Waals surface area contributed by atoms with Crippen molar-refractivity contribution in [3.05, 3.63) is 36.2 Å². The minimum atomic E-state index is -3.93. The Hall–Kier alpha value is -2.35. The summed E-state index contributed by atoms with van der Waals surface area (Å²) < 4.78 is 40.9. The Balaban J connectivity index is 2.24. The van der Waals surface area contributed by atoms with Crippen LogP contribution in [0.2, 0.25) is 0 Å². The van der Waals surface area contributed by atoms with Gasteiger partial charge in [0.1, 0.15) is 5.82 Å². The fourth-order valence-corrected chi connectivity index (χ4v) is 3.97. The summed E-state index contributed by atoms with van der Waals surface area (Å²) in [4.78, 5) is -0.109. The molecule has 1 aromatic heterocycles. The molecule has 2 heterocycles. The molecular weight excluding hydrogens is 319 g/mol. The van der Waals surface area contributed by atoms with E-state index in [1.807, 2.05) is 19.9 Å². The van der Waals surface area contributed by atoms with Gasteiger partial charge in [0, 0.05) is 13.2 Å². The Morgan fingerprint density at radius 2 is 2.09 bits per heavy atom. The first kappa shape index (κ1) is 15.5. The predicted molar refractivity (Wildman–Crippen MR) is 86.7 cm³/mol. The van der Waals surface area contributed by atoms with E-state index in [2.05, 4.69) is 15.7 Å². The van der Waals surface area contributed by atoms with E-state index in [0.717, 1.165) is 6.07 Å². The van der Waals surface area contributed by atoms with Crippen molar-refractivity contribution >= 4 is 27.7 Å². The van der Waals surface area contributed by atoms with Crippen molar-refractivity contribution in [2.24, 2.45) is 0 Å². The number of nitrogens with one attached hydrogen (secondary N) is 2. The molecule has 23 heavy (non-hydrogen) atoms. The van der Waals surface area contributed by atoms with Gasteiger partial charge in [0.05, 0.1) is 10.4 Å². The molecule has 0 bridgehead atoms. The highest BCUT2D eigenvalue weighted by Crippen LogP contribution is 2.37. The number of fused-ring (bicyclic) bond motifs is 1. The van der Waals surface area contributed by atoms with E-state index in [0.29, 0.717) is 5.82 Å². The molecule has 3 rings (SSSR count). The normalized spacial score (nSPS) is 15.8. The largest absolute Gasteiger partial charge is 0.370 e. The lowest BCUT2D eigenvalue weighted by Crippen LogP contribution is -2.32. The number of nitrogens with zero attached hydrogens (tertiary/aromatic N) is 2. The molecule has 2 N–H and O–H groups in total. The highest BCUT2D eigenvalue weighted by molar-refractivity contribution is 7.91. The Labute approximate surface area is 133 Å². The van der Waals surface area contributed by atoms with Crippen molar-refractivity contribution < 1.29 is 12.8 Å². The third-order valence-electron chi connectivity index (χ3n) is 3.55. The topological polar surface area (TPSA) is 76.0 Å². The summed E-state index contributed by atoms with van der Waals surface area (Å²) in [7, 11) is -2.34. The summed E-state index contributed by atoms with van der Waals surface area (Å²) in [6.45, 7) is 3.83. The minimum Gasteiger partial charge on any atom is -0.370 e. The smallest absolute Gasteiger partial charge is 0.214 e. The molecule has 1 aromatic carbocycles. The predicted octanol–water partition coefficient (Wildman–Crippen LogP) is 2.57. The lowest BCUT2D eigenvalue weighted by atomic mass is 10.1. The summed E-state index contributed by atoms with van der Waals surface area (Å²) in [5.74, 6) is -0.0449. The van der Waals surface area contributed by atoms with Crippen molar-refractivity contribution in [2.75, 3.05) is 17.7 Å². The quantitative estimate of drug-likeness (QED) is 0.901. The Morgan fingerprint density at radius 3 is 2.74 bits per heavy atom. The molecule has 0 aliphatic carbocycles. The summed E-state index contributed by atoms with van der Waals surface area (Å²) in [5, 5.41) is 10.2. The van der Waals surface area contributed by atoms with Crippen LogP contribution in [0.3, 0.4) is 0 Å². The maximum absolute atomic E-state index is 13.5. The first-order chi connectivity index (χ1) is 10.7. The maximum atomic E-state index is 13.5. The highest BCUT2D eigenvalue weighted by atomic mass is 32.2. The van der Waals surface area contributed by atoms with Crippen LogP contribution >= 0.6 is 0 Å². The van der Waals surface area contributed by atoms with Gasteiger partial charge in [-0.25, -0.2) is 17.5 Å². The molecule has 0 saturated carbocycles. The summed E-state index contributed by atoms with van der Waals surface area (Å²) >= 11 is 0. The molecule has 0 saturated heterocycles. The highest BCUT2D eigenvalue weighted by Gasteiger charge is 2.33. The van der Waals surface area contributed by atoms with Gasteiger partial charge in [-0.1, -0.05) is 6.07 Å². The fraction of sp³-hybridized carbons (Fsp3) is 0.267. The molecular formula is C15H17FN4O2S. The summed E-state index contributed by atoms with van der Waals surface area (Å²) in [6.07, 6.45) is 3.59. The average Bonchev–Trinajstić information content (AvgIpc) is 2.84. The van der Waals surface area contributed by atoms with E-state index in [1.165, 1.54) is 22.9 Å². The van der Waals surface area contributed by atoms with Gasteiger partial charge in [-0.3, -0.25) is 0 Å². The summed E-state index contributed by atoms with van der Waals surface area (Å²) in [6, 6.07) is 4.94. The van der Waals surface area contributed by atoms with E-state index in [9.17, 15) is 12.8 Å². The van der Waals surface area contributed by atoms with Crippen LogP contribution in [0.25, 0.3) is 6.20 Å². The first-order valence-corrected chi connectivity index (χ1v) is 8.51. The van der Waals surface area contributed by atoms with Crippen molar-refractivity contribution in [3.63, 3.8) is 0 Å². The van der Waals surface area contributed by atoms with Crippen LogP contribution in [0.15, 0.2) is 40.1 Å². The Morgan fingerprint density at radius 1 is 1.35 bits per heavy atom. The van der Waals surface area contributed by atoms with E-state index in [1.54, 1.807) is 13.2 Å². The zero-order valence-electron chi connectivity index (χ0n) is 13.0. The molecule has 0 radical (unpaired) electrons. The van der Waals surface area contributed by atoms with Crippen LogP contribution in [-0.4, -0.2) is 30.8 Å². The van der Waals surface area contributed by atoms with Gasteiger partial charge in [0.2, 0.25) is 9.84 Å². The van der Waals surface area contributed by atoms with E-state index in [-0.39, 0.29) is 15.6 Å². The lowest BCUT2D eigenvalue weighted by Gasteiger charge is -2.27. The zero-order valence-corrected chi connectivity index (χ0v) is 13.8. The van der Waals surface area contributed by atoms with Gasteiger partial charge in [-0.15, -0.1) is 5.10 Å². The second-order valence-electron chi connectivity index (χ2n) is 5.84. The average molecular weight is 336 g/mol. The van der Waals surface area contributed by atoms with E-state index >= 15 is 0 Å². The number of hydrogen-bond acceptors (Lipinski definition) is 5. The van der Waals surface area contributed by atoms with Gasteiger partial charge in [0.25, 0.3) is 0 Å². The van der Waals surface area contributed by atoms with Crippen molar-refractivity contribution in [1.29, 1.82) is 0 Å². The van der Waals surface area contributed by atoms with Crippen LogP contribution in [0.5, 0.6) is 0 Å². The van der Waals surface area contributed by atoms with Gasteiger partial charge in [-0.2, -0.15) is 0 Å². The number of hydrogen-bond donors (Lipinski definition) is 2. The molecule has 8 heteroatoms.